The minimum Gasteiger partial charge on any atom is -0.382 e. The quantitative estimate of drug-likeness (QED) is 0.710. The fraction of sp³-hybridized carbons (Fsp3) is 1.00. The monoisotopic (exact) mass is 228 g/mol. The van der Waals surface area contributed by atoms with Crippen molar-refractivity contribution in [3.63, 3.8) is 0 Å². The van der Waals surface area contributed by atoms with Crippen LogP contribution in [0.3, 0.4) is 0 Å². The molecule has 0 aromatic heterocycles. The van der Waals surface area contributed by atoms with Gasteiger partial charge in [0.2, 0.25) is 0 Å². The Bertz CT molecular complexity index is 209. The Morgan fingerprint density at radius 2 is 2.19 bits per heavy atom. The second-order valence-electron chi connectivity index (χ2n) is 4.97. The predicted molar refractivity (Wildman–Crippen MR) is 63.6 cm³/mol. The van der Waals surface area contributed by atoms with Gasteiger partial charge in [-0.2, -0.15) is 0 Å². The first-order chi connectivity index (χ1) is 7.83. The maximum Gasteiger partial charge on any atom is 0.0931 e. The number of methoxy groups -OCH3 is 2. The highest BCUT2D eigenvalue weighted by molar-refractivity contribution is 4.91. The molecule has 2 rings (SSSR count). The van der Waals surface area contributed by atoms with Crippen LogP contribution in [0.2, 0.25) is 0 Å². The van der Waals surface area contributed by atoms with Crippen LogP contribution in [-0.2, 0) is 9.47 Å². The SMILES string of the molecule is COCC(CN1CCNC(C2CC2)C1)OC. The molecule has 1 N–H and O–H groups in total. The molecule has 2 atom stereocenters. The average Bonchev–Trinajstić information content (AvgIpc) is 3.13. The standard InChI is InChI=1S/C12H24N2O2/c1-15-9-11(16-2)7-14-6-5-13-12(8-14)10-3-4-10/h10-13H,3-9H2,1-2H3. The van der Waals surface area contributed by atoms with Crippen molar-refractivity contribution >= 4 is 0 Å². The molecule has 0 radical (unpaired) electrons. The molecule has 2 unspecified atom stereocenters. The van der Waals surface area contributed by atoms with Gasteiger partial charge in [-0.05, 0) is 18.8 Å². The van der Waals surface area contributed by atoms with Crippen molar-refractivity contribution in [3.05, 3.63) is 0 Å². The molecule has 1 aliphatic heterocycles. The molecule has 94 valence electrons. The van der Waals surface area contributed by atoms with Gasteiger partial charge in [0, 0.05) is 46.4 Å². The van der Waals surface area contributed by atoms with Crippen LogP contribution in [0.15, 0.2) is 0 Å². The summed E-state index contributed by atoms with van der Waals surface area (Å²) in [5.74, 6) is 0.936. The Balaban J connectivity index is 1.74. The van der Waals surface area contributed by atoms with Gasteiger partial charge in [0.1, 0.15) is 0 Å². The van der Waals surface area contributed by atoms with E-state index in [-0.39, 0.29) is 6.10 Å². The largest absolute Gasteiger partial charge is 0.382 e. The predicted octanol–water partition coefficient (Wildman–Crippen LogP) is 0.332. The highest BCUT2D eigenvalue weighted by atomic mass is 16.5. The molecule has 4 nitrogen and oxygen atoms in total. The lowest BCUT2D eigenvalue weighted by molar-refractivity contribution is 0.000473. The van der Waals surface area contributed by atoms with Crippen molar-refractivity contribution < 1.29 is 9.47 Å². The Hall–Kier alpha value is -0.160. The van der Waals surface area contributed by atoms with Crippen LogP contribution in [0.5, 0.6) is 0 Å². The number of rotatable bonds is 6. The van der Waals surface area contributed by atoms with Gasteiger partial charge in [-0.25, -0.2) is 0 Å². The minimum absolute atomic E-state index is 0.211. The maximum atomic E-state index is 5.42. The van der Waals surface area contributed by atoms with Crippen LogP contribution in [0.25, 0.3) is 0 Å². The first-order valence-corrected chi connectivity index (χ1v) is 6.31. The second-order valence-corrected chi connectivity index (χ2v) is 4.97. The van der Waals surface area contributed by atoms with E-state index in [1.54, 1.807) is 14.2 Å². The van der Waals surface area contributed by atoms with Crippen molar-refractivity contribution in [1.82, 2.24) is 10.2 Å². The second kappa shape index (κ2) is 5.96. The van der Waals surface area contributed by atoms with E-state index < -0.39 is 0 Å². The van der Waals surface area contributed by atoms with Crippen molar-refractivity contribution in [2.24, 2.45) is 5.92 Å². The Labute approximate surface area is 98.3 Å². The Morgan fingerprint density at radius 3 is 2.81 bits per heavy atom. The Morgan fingerprint density at radius 1 is 1.38 bits per heavy atom. The Kier molecular flexibility index (Phi) is 4.58. The lowest BCUT2D eigenvalue weighted by atomic mass is 10.1. The molecule has 1 heterocycles. The maximum absolute atomic E-state index is 5.42. The summed E-state index contributed by atoms with van der Waals surface area (Å²) in [5, 5.41) is 3.62. The topological polar surface area (TPSA) is 33.7 Å². The zero-order valence-electron chi connectivity index (χ0n) is 10.4. The van der Waals surface area contributed by atoms with E-state index in [0.29, 0.717) is 12.6 Å². The zero-order valence-corrected chi connectivity index (χ0v) is 10.4. The van der Waals surface area contributed by atoms with E-state index in [0.717, 1.165) is 25.6 Å². The minimum atomic E-state index is 0.211. The van der Waals surface area contributed by atoms with Gasteiger partial charge in [-0.3, -0.25) is 4.90 Å². The van der Waals surface area contributed by atoms with Gasteiger partial charge < -0.3 is 14.8 Å². The van der Waals surface area contributed by atoms with Crippen molar-refractivity contribution in [2.75, 3.05) is 47.0 Å². The van der Waals surface area contributed by atoms with E-state index in [2.05, 4.69) is 10.2 Å². The molecule has 2 fully saturated rings. The van der Waals surface area contributed by atoms with Gasteiger partial charge >= 0.3 is 0 Å². The molecular weight excluding hydrogens is 204 g/mol. The van der Waals surface area contributed by atoms with Gasteiger partial charge in [-0.1, -0.05) is 0 Å². The number of piperazine rings is 1. The molecule has 4 heteroatoms. The number of hydrogen-bond donors (Lipinski definition) is 1. The normalized spacial score (nSPS) is 29.2. The number of nitrogens with one attached hydrogen (secondary N) is 1. The number of nitrogens with zero attached hydrogens (tertiary/aromatic N) is 1. The van der Waals surface area contributed by atoms with Crippen LogP contribution >= 0.6 is 0 Å². The summed E-state index contributed by atoms with van der Waals surface area (Å²) in [7, 11) is 3.50. The van der Waals surface area contributed by atoms with E-state index in [1.807, 2.05) is 0 Å². The summed E-state index contributed by atoms with van der Waals surface area (Å²) < 4.78 is 10.6. The highest BCUT2D eigenvalue weighted by Crippen LogP contribution is 2.33. The molecular formula is C12H24N2O2. The molecule has 0 amide bonds. The van der Waals surface area contributed by atoms with Gasteiger partial charge in [0.05, 0.1) is 12.7 Å². The van der Waals surface area contributed by atoms with Crippen LogP contribution in [-0.4, -0.2) is 64.1 Å². The molecule has 1 aliphatic carbocycles. The summed E-state index contributed by atoms with van der Waals surface area (Å²) >= 11 is 0. The van der Waals surface area contributed by atoms with Crippen LogP contribution < -0.4 is 5.32 Å². The third kappa shape index (κ3) is 3.42. The van der Waals surface area contributed by atoms with E-state index in [1.165, 1.54) is 19.4 Å². The molecule has 0 aromatic carbocycles. The third-order valence-electron chi connectivity index (χ3n) is 3.63. The molecule has 16 heavy (non-hydrogen) atoms. The number of hydrogen-bond acceptors (Lipinski definition) is 4. The van der Waals surface area contributed by atoms with Crippen molar-refractivity contribution in [3.8, 4) is 0 Å². The summed E-state index contributed by atoms with van der Waals surface area (Å²) in [5.41, 5.74) is 0. The van der Waals surface area contributed by atoms with E-state index in [4.69, 9.17) is 9.47 Å². The first kappa shape index (κ1) is 12.3. The number of ether oxygens (including phenoxy) is 2. The zero-order chi connectivity index (χ0) is 11.4. The summed E-state index contributed by atoms with van der Waals surface area (Å²) in [6.07, 6.45) is 3.04. The smallest absolute Gasteiger partial charge is 0.0931 e. The lowest BCUT2D eigenvalue weighted by Crippen LogP contribution is -2.53. The molecule has 1 saturated heterocycles. The fourth-order valence-corrected chi connectivity index (χ4v) is 2.49. The molecule has 0 spiro atoms. The van der Waals surface area contributed by atoms with E-state index >= 15 is 0 Å². The molecule has 0 aromatic rings. The van der Waals surface area contributed by atoms with Crippen LogP contribution in [0.1, 0.15) is 12.8 Å². The fourth-order valence-electron chi connectivity index (χ4n) is 2.49. The van der Waals surface area contributed by atoms with Gasteiger partial charge in [0.15, 0.2) is 0 Å². The first-order valence-electron chi connectivity index (χ1n) is 6.31. The van der Waals surface area contributed by atoms with Crippen LogP contribution in [0, 0.1) is 5.92 Å². The summed E-state index contributed by atoms with van der Waals surface area (Å²) in [6.45, 7) is 5.11. The van der Waals surface area contributed by atoms with Gasteiger partial charge in [-0.15, -0.1) is 0 Å². The third-order valence-corrected chi connectivity index (χ3v) is 3.63. The van der Waals surface area contributed by atoms with Crippen molar-refractivity contribution in [1.29, 1.82) is 0 Å². The lowest BCUT2D eigenvalue weighted by Gasteiger charge is -2.35. The molecule has 0 bridgehead atoms. The van der Waals surface area contributed by atoms with Crippen molar-refractivity contribution in [2.45, 2.75) is 25.0 Å². The molecule has 2 aliphatic rings. The summed E-state index contributed by atoms with van der Waals surface area (Å²) in [6, 6.07) is 0.716. The van der Waals surface area contributed by atoms with E-state index in [9.17, 15) is 0 Å². The average molecular weight is 228 g/mol. The highest BCUT2D eigenvalue weighted by Gasteiger charge is 2.34. The summed E-state index contributed by atoms with van der Waals surface area (Å²) in [4.78, 5) is 2.51. The van der Waals surface area contributed by atoms with Gasteiger partial charge in [0.25, 0.3) is 0 Å². The van der Waals surface area contributed by atoms with Crippen LogP contribution in [0.4, 0.5) is 0 Å². The molecule has 1 saturated carbocycles.